The Hall–Kier alpha value is -4.41. The summed E-state index contributed by atoms with van der Waals surface area (Å²) in [5.41, 5.74) is 3.60. The van der Waals surface area contributed by atoms with Crippen LogP contribution in [0.1, 0.15) is 36.5 Å². The predicted octanol–water partition coefficient (Wildman–Crippen LogP) is 5.74. The van der Waals surface area contributed by atoms with Crippen molar-refractivity contribution in [3.8, 4) is 17.1 Å². The van der Waals surface area contributed by atoms with E-state index in [1.54, 1.807) is 24.4 Å². The molecule has 1 aliphatic rings. The van der Waals surface area contributed by atoms with Crippen molar-refractivity contribution in [2.45, 2.75) is 44.1 Å². The maximum Gasteiger partial charge on any atom is 0.456 e. The first-order chi connectivity index (χ1) is 21.6. The molecule has 1 aliphatic heterocycles. The van der Waals surface area contributed by atoms with Crippen LogP contribution in [0.2, 0.25) is 0 Å². The molecule has 0 bridgehead atoms. The van der Waals surface area contributed by atoms with Gasteiger partial charge in [-0.05, 0) is 36.8 Å². The number of aromatic nitrogens is 5. The van der Waals surface area contributed by atoms with Crippen LogP contribution in [-0.4, -0.2) is 91.7 Å². The molecule has 0 saturated carbocycles. The first kappa shape index (κ1) is 33.0. The molecule has 1 fully saturated rings. The number of nitrogens with one attached hydrogen (secondary N) is 1. The summed E-state index contributed by atoms with van der Waals surface area (Å²) < 4.78 is 106. The Kier molecular flexibility index (Phi) is 9.15. The zero-order chi connectivity index (χ0) is 33.3. The molecule has 1 saturated heterocycles. The van der Waals surface area contributed by atoms with Gasteiger partial charge in [-0.3, -0.25) is 14.7 Å². The van der Waals surface area contributed by atoms with E-state index in [-0.39, 0.29) is 24.8 Å². The standard InChI is InChI=1S/C29H27F8N7O2/c1-17(43-6-8-44(9-7-43)26(45)14-28(32,33)34)18-4-5-38-20(10-18)12-24-41-21-3-2-19(11-23(21)42-24)22-13-25(40-16-39-22)46-15-27(30,31)29(35,36)37/h2-5,10-11,13,16-17H,6-9,12,14-15H2,1H3,(H,41,42). The van der Waals surface area contributed by atoms with Gasteiger partial charge in [-0.15, -0.1) is 0 Å². The molecule has 0 aliphatic carbocycles. The van der Waals surface area contributed by atoms with Gasteiger partial charge in [-0.1, -0.05) is 6.07 Å². The van der Waals surface area contributed by atoms with Crippen LogP contribution in [0.25, 0.3) is 22.3 Å². The number of benzene rings is 1. The third-order valence-corrected chi connectivity index (χ3v) is 7.52. The smallest absolute Gasteiger partial charge is 0.456 e. The second-order valence-electron chi connectivity index (χ2n) is 10.8. The number of nitrogens with zero attached hydrogens (tertiary/aromatic N) is 6. The molecule has 9 nitrogen and oxygen atoms in total. The Balaban J connectivity index is 1.23. The van der Waals surface area contributed by atoms with Crippen molar-refractivity contribution in [2.75, 3.05) is 32.8 Å². The van der Waals surface area contributed by atoms with Gasteiger partial charge in [0.05, 0.1) is 16.7 Å². The number of aromatic amines is 1. The fourth-order valence-corrected chi connectivity index (χ4v) is 5.01. The molecule has 246 valence electrons. The fourth-order valence-electron chi connectivity index (χ4n) is 5.01. The SMILES string of the molecule is CC(c1ccnc(Cc2nc3ccc(-c4cc(OCC(F)(F)C(F)(F)F)ncn4)cc3[nH]2)c1)N1CCN(C(=O)CC(F)(F)F)CC1. The molecule has 4 aromatic rings. The fraction of sp³-hybridized carbons (Fsp3) is 0.414. The molecule has 4 heterocycles. The molecule has 1 atom stereocenters. The van der Waals surface area contributed by atoms with E-state index in [1.807, 2.05) is 19.1 Å². The quantitative estimate of drug-likeness (QED) is 0.229. The first-order valence-corrected chi connectivity index (χ1v) is 14.0. The maximum absolute atomic E-state index is 13.2. The molecule has 0 radical (unpaired) electrons. The molecule has 0 spiro atoms. The van der Waals surface area contributed by atoms with Crippen LogP contribution in [0.5, 0.6) is 5.88 Å². The summed E-state index contributed by atoms with van der Waals surface area (Å²) in [5.74, 6) is -5.83. The van der Waals surface area contributed by atoms with E-state index < -0.39 is 43.1 Å². The number of piperazine rings is 1. The predicted molar refractivity (Wildman–Crippen MR) is 148 cm³/mol. The molecule has 3 aromatic heterocycles. The average molecular weight is 658 g/mol. The lowest BCUT2D eigenvalue weighted by molar-refractivity contribution is -0.290. The van der Waals surface area contributed by atoms with Gasteiger partial charge in [-0.25, -0.2) is 15.0 Å². The number of amides is 1. The lowest BCUT2D eigenvalue weighted by atomic mass is 10.1. The van der Waals surface area contributed by atoms with E-state index in [9.17, 15) is 39.9 Å². The van der Waals surface area contributed by atoms with Gasteiger partial charge < -0.3 is 14.6 Å². The van der Waals surface area contributed by atoms with Gasteiger partial charge in [-0.2, -0.15) is 35.1 Å². The largest absolute Gasteiger partial charge is 0.471 e. The third-order valence-electron chi connectivity index (χ3n) is 7.52. The summed E-state index contributed by atoms with van der Waals surface area (Å²) in [5, 5.41) is 0. The van der Waals surface area contributed by atoms with E-state index in [2.05, 4.69) is 34.6 Å². The Bertz CT molecular complexity index is 1680. The highest BCUT2D eigenvalue weighted by Crippen LogP contribution is 2.36. The number of hydrogen-bond donors (Lipinski definition) is 1. The van der Waals surface area contributed by atoms with Crippen molar-refractivity contribution in [3.05, 3.63) is 66.0 Å². The molecule has 5 rings (SSSR count). The summed E-state index contributed by atoms with van der Waals surface area (Å²) in [4.78, 5) is 35.2. The van der Waals surface area contributed by atoms with E-state index in [0.717, 1.165) is 18.0 Å². The zero-order valence-corrected chi connectivity index (χ0v) is 24.2. The van der Waals surface area contributed by atoms with Crippen LogP contribution < -0.4 is 4.74 Å². The molecule has 1 N–H and O–H groups in total. The van der Waals surface area contributed by atoms with Crippen LogP contribution in [0, 0.1) is 0 Å². The van der Waals surface area contributed by atoms with Crippen molar-refractivity contribution in [3.63, 3.8) is 0 Å². The van der Waals surface area contributed by atoms with Crippen molar-refractivity contribution in [2.24, 2.45) is 0 Å². The molecule has 1 unspecified atom stereocenters. The number of pyridine rings is 1. The number of fused-ring (bicyclic) bond motifs is 1. The number of carbonyl (C=O) groups excluding carboxylic acids is 1. The van der Waals surface area contributed by atoms with Gasteiger partial charge in [0.2, 0.25) is 11.8 Å². The second-order valence-corrected chi connectivity index (χ2v) is 10.8. The van der Waals surface area contributed by atoms with Crippen molar-refractivity contribution in [1.82, 2.24) is 34.7 Å². The number of carbonyl (C=O) groups is 1. The summed E-state index contributed by atoms with van der Waals surface area (Å²) >= 11 is 0. The summed E-state index contributed by atoms with van der Waals surface area (Å²) in [6.45, 7) is 1.31. The second kappa shape index (κ2) is 12.8. The highest BCUT2D eigenvalue weighted by atomic mass is 19.4. The van der Waals surface area contributed by atoms with Gasteiger partial charge >= 0.3 is 18.3 Å². The highest BCUT2D eigenvalue weighted by Gasteiger charge is 2.58. The minimum absolute atomic E-state index is 0.0822. The van der Waals surface area contributed by atoms with Crippen LogP contribution in [0.4, 0.5) is 35.1 Å². The van der Waals surface area contributed by atoms with Gasteiger partial charge in [0.25, 0.3) is 0 Å². The van der Waals surface area contributed by atoms with Crippen molar-refractivity contribution >= 4 is 16.9 Å². The molecular weight excluding hydrogens is 630 g/mol. The monoisotopic (exact) mass is 657 g/mol. The number of halogens is 8. The number of alkyl halides is 8. The normalized spacial score (nSPS) is 15.7. The maximum atomic E-state index is 13.2. The summed E-state index contributed by atoms with van der Waals surface area (Å²) in [6, 6.07) is 9.87. The topological polar surface area (TPSA) is 100 Å². The van der Waals surface area contributed by atoms with E-state index in [4.69, 9.17) is 0 Å². The third kappa shape index (κ3) is 7.86. The first-order valence-electron chi connectivity index (χ1n) is 14.0. The number of rotatable bonds is 9. The highest BCUT2D eigenvalue weighted by molar-refractivity contribution is 5.81. The van der Waals surface area contributed by atoms with Gasteiger partial charge in [0.1, 0.15) is 18.6 Å². The van der Waals surface area contributed by atoms with E-state index in [1.165, 1.54) is 4.90 Å². The van der Waals surface area contributed by atoms with Crippen molar-refractivity contribution in [1.29, 1.82) is 0 Å². The molecule has 1 aromatic carbocycles. The minimum Gasteiger partial charge on any atom is -0.471 e. The Morgan fingerprint density at radius 3 is 2.39 bits per heavy atom. The van der Waals surface area contributed by atoms with Crippen LogP contribution >= 0.6 is 0 Å². The lowest BCUT2D eigenvalue weighted by Gasteiger charge is -2.38. The Morgan fingerprint density at radius 1 is 0.957 bits per heavy atom. The number of H-pyrrole nitrogens is 1. The van der Waals surface area contributed by atoms with E-state index >= 15 is 0 Å². The summed E-state index contributed by atoms with van der Waals surface area (Å²) in [7, 11) is 0. The lowest BCUT2D eigenvalue weighted by Crippen LogP contribution is -2.50. The Labute approximate surface area is 256 Å². The molecule has 1 amide bonds. The molecule has 17 heteroatoms. The Morgan fingerprint density at radius 2 is 1.70 bits per heavy atom. The minimum atomic E-state index is -5.76. The van der Waals surface area contributed by atoms with Crippen LogP contribution in [-0.2, 0) is 11.2 Å². The molecular formula is C29H27F8N7O2. The summed E-state index contributed by atoms with van der Waals surface area (Å²) in [6.07, 6.45) is -8.78. The van der Waals surface area contributed by atoms with Gasteiger partial charge in [0.15, 0.2) is 6.61 Å². The van der Waals surface area contributed by atoms with Crippen molar-refractivity contribution < 1.29 is 44.7 Å². The average Bonchev–Trinajstić information content (AvgIpc) is 3.40. The van der Waals surface area contributed by atoms with E-state index in [0.29, 0.717) is 47.6 Å². The van der Waals surface area contributed by atoms with Gasteiger partial charge in [0, 0.05) is 62.2 Å². The molecule has 46 heavy (non-hydrogen) atoms. The number of ether oxygens (including phenoxy) is 1. The van der Waals surface area contributed by atoms with Crippen LogP contribution in [0.15, 0.2) is 48.9 Å². The zero-order valence-electron chi connectivity index (χ0n) is 24.2. The van der Waals surface area contributed by atoms with Crippen LogP contribution in [0.3, 0.4) is 0 Å². The number of imidazole rings is 1. The number of hydrogen-bond acceptors (Lipinski definition) is 7.